The summed E-state index contributed by atoms with van der Waals surface area (Å²) in [5.74, 6) is -3.19. The molecule has 16 heteroatoms. The summed E-state index contributed by atoms with van der Waals surface area (Å²) in [7, 11) is 1.64. The number of fused-ring (bicyclic) bond motifs is 5. The minimum atomic E-state index is -2.35. The number of furan rings is 1. The molecule has 0 bridgehead atoms. The molecule has 3 saturated carbocycles. The number of benzene rings is 2. The van der Waals surface area contributed by atoms with E-state index < -0.39 is 81.1 Å². The fraction of sp³-hybridized carbons (Fsp3) is 0.478. The van der Waals surface area contributed by atoms with Gasteiger partial charge in [0.2, 0.25) is 17.3 Å². The summed E-state index contributed by atoms with van der Waals surface area (Å²) in [5.41, 5.74) is -5.12. The molecule has 0 spiro atoms. The fourth-order valence-electron chi connectivity index (χ4n) is 10.5. The van der Waals surface area contributed by atoms with Gasteiger partial charge in [-0.15, -0.1) is 0 Å². The van der Waals surface area contributed by atoms with Crippen molar-refractivity contribution in [2.45, 2.75) is 89.1 Å². The number of ketones is 1. The number of hydrogen-bond acceptors (Lipinski definition) is 12. The van der Waals surface area contributed by atoms with Crippen LogP contribution in [0.5, 0.6) is 11.5 Å². The van der Waals surface area contributed by atoms with E-state index in [0.717, 1.165) is 18.2 Å². The number of rotatable bonds is 13. The van der Waals surface area contributed by atoms with E-state index in [1.165, 1.54) is 49.1 Å². The molecule has 0 radical (unpaired) electrons. The molecule has 12 nitrogen and oxygen atoms in total. The second-order valence-corrected chi connectivity index (χ2v) is 17.9. The molecule has 1 heterocycles. The number of esters is 1. The number of methoxy groups -OCH3 is 1. The van der Waals surface area contributed by atoms with E-state index in [1.807, 2.05) is 31.2 Å². The number of ether oxygens (including phenoxy) is 2. The number of amides is 1. The predicted octanol–water partition coefficient (Wildman–Crippen LogP) is 7.15. The number of aliphatic hydroxyl groups is 2. The van der Waals surface area contributed by atoms with Gasteiger partial charge in [-0.2, -0.15) is 0 Å². The maximum absolute atomic E-state index is 17.4. The van der Waals surface area contributed by atoms with Crippen molar-refractivity contribution in [2.24, 2.45) is 28.6 Å². The molecule has 62 heavy (non-hydrogen) atoms. The van der Waals surface area contributed by atoms with Gasteiger partial charge in [-0.3, -0.25) is 14.4 Å². The third kappa shape index (κ3) is 8.22. The van der Waals surface area contributed by atoms with Crippen LogP contribution in [0.3, 0.4) is 0 Å². The number of anilines is 1. The summed E-state index contributed by atoms with van der Waals surface area (Å²) < 4.78 is 62.7. The van der Waals surface area contributed by atoms with Gasteiger partial charge in [0.25, 0.3) is 0 Å². The van der Waals surface area contributed by atoms with Gasteiger partial charge < -0.3 is 39.8 Å². The van der Waals surface area contributed by atoms with Gasteiger partial charge in [0, 0.05) is 35.3 Å². The highest BCUT2D eigenvalue weighted by atomic mass is 32.2. The SMILES string of the molecule is COc1ccc(C[C@@H](C)NC[C@H](O)c2ccc(O)c(NC=O)c2)cc1.C[C@@H]1C[C@H]2[C@@H]3C[C@H](F)C4=CC(=O)C=C[C@]4(C)[C@@]3(F)[C@@H](O)C[C@]2(C)[C@@]1(OC(=O)c1ccco1)C(=O)SCF. The van der Waals surface area contributed by atoms with E-state index in [9.17, 15) is 38.9 Å². The van der Waals surface area contributed by atoms with Gasteiger partial charge in [0.1, 0.15) is 23.7 Å². The molecule has 1 aromatic heterocycles. The number of aromatic hydroxyl groups is 1. The molecule has 1 amide bonds. The minimum Gasteiger partial charge on any atom is -0.506 e. The van der Waals surface area contributed by atoms with Gasteiger partial charge in [-0.1, -0.05) is 38.1 Å². The summed E-state index contributed by atoms with van der Waals surface area (Å²) >= 11 is 0.352. The average molecular weight is 883 g/mol. The number of phenolic OH excluding ortho intramolecular Hbond substituents is 1. The lowest BCUT2D eigenvalue weighted by molar-refractivity contribution is -0.221. The van der Waals surface area contributed by atoms with Crippen molar-refractivity contribution in [3.63, 3.8) is 0 Å². The monoisotopic (exact) mass is 882 g/mol. The highest BCUT2D eigenvalue weighted by Crippen LogP contribution is 2.72. The van der Waals surface area contributed by atoms with Crippen molar-refractivity contribution in [1.82, 2.24) is 5.32 Å². The largest absolute Gasteiger partial charge is 0.506 e. The van der Waals surface area contributed by atoms with Gasteiger partial charge in [0.15, 0.2) is 17.1 Å². The summed E-state index contributed by atoms with van der Waals surface area (Å²) in [6.45, 7) is 7.20. The quantitative estimate of drug-likeness (QED) is 0.0665. The lowest BCUT2D eigenvalue weighted by atomic mass is 9.44. The van der Waals surface area contributed by atoms with Crippen molar-refractivity contribution < 1.29 is 61.6 Å². The van der Waals surface area contributed by atoms with Crippen LogP contribution in [0.25, 0.3) is 0 Å². The second-order valence-electron chi connectivity index (χ2n) is 17.1. The highest BCUT2D eigenvalue weighted by Gasteiger charge is 2.78. The first-order valence-electron chi connectivity index (χ1n) is 20.4. The minimum absolute atomic E-state index is 0.00739. The van der Waals surface area contributed by atoms with Crippen molar-refractivity contribution in [3.8, 4) is 11.5 Å². The van der Waals surface area contributed by atoms with Crippen LogP contribution in [0, 0.1) is 28.6 Å². The van der Waals surface area contributed by atoms with E-state index in [1.54, 1.807) is 33.1 Å². The van der Waals surface area contributed by atoms with E-state index in [4.69, 9.17) is 13.9 Å². The molecule has 3 aromatic rings. The standard InChI is InChI=1S/C27H29F3O6S.C19H24N2O4/c1-14-9-16-17-11-19(29)18-10-15(31)6-7-24(18,2)26(17,30)21(32)12-25(16,3)27(14,23(34)37-13-28)36-22(33)20-5-4-8-35-20;1-13(9-14-3-6-16(25-2)7-4-14)20-11-19(24)15-5-8-18(23)17(10-15)21-12-22/h4-8,10,14,16-17,19,21,32H,9,11-13H2,1-3H3;3-8,10,12-13,19-20,23-24H,9,11H2,1-2H3,(H,21,22)/t14-,16+,17+,19+,21+,24+,25+,26+,27+;13-,19+/m11/s1. The van der Waals surface area contributed by atoms with Crippen LogP contribution in [-0.2, 0) is 25.5 Å². The number of thioether (sulfide) groups is 1. The number of hydrogen-bond donors (Lipinski definition) is 5. The first kappa shape index (κ1) is 46.6. The molecule has 0 aliphatic heterocycles. The topological polar surface area (TPSA) is 185 Å². The zero-order valence-corrected chi connectivity index (χ0v) is 35.9. The third-order valence-corrected chi connectivity index (χ3v) is 14.3. The second kappa shape index (κ2) is 18.4. The molecule has 0 unspecified atom stereocenters. The van der Waals surface area contributed by atoms with Gasteiger partial charge in [0.05, 0.1) is 31.3 Å². The Morgan fingerprint density at radius 2 is 1.84 bits per heavy atom. The molecule has 7 rings (SSSR count). The predicted molar refractivity (Wildman–Crippen MR) is 226 cm³/mol. The number of nitrogens with one attached hydrogen (secondary N) is 2. The van der Waals surface area contributed by atoms with Crippen LogP contribution in [-0.4, -0.2) is 87.8 Å². The van der Waals surface area contributed by atoms with Gasteiger partial charge >= 0.3 is 5.97 Å². The number of allylic oxidation sites excluding steroid dienone is 4. The Morgan fingerprint density at radius 3 is 2.48 bits per heavy atom. The maximum Gasteiger partial charge on any atom is 0.375 e. The lowest BCUT2D eigenvalue weighted by Gasteiger charge is -2.63. The van der Waals surface area contributed by atoms with Crippen LogP contribution < -0.4 is 15.4 Å². The first-order valence-corrected chi connectivity index (χ1v) is 21.4. The zero-order valence-electron chi connectivity index (χ0n) is 35.1. The van der Waals surface area contributed by atoms with Crippen molar-refractivity contribution in [3.05, 3.63) is 102 Å². The Morgan fingerprint density at radius 1 is 1.11 bits per heavy atom. The molecular formula is C46H53F3N2O10S. The van der Waals surface area contributed by atoms with Gasteiger partial charge in [-0.05, 0) is 122 Å². The van der Waals surface area contributed by atoms with Gasteiger partial charge in [-0.25, -0.2) is 18.0 Å². The smallest absolute Gasteiger partial charge is 0.375 e. The molecule has 11 atom stereocenters. The molecular weight excluding hydrogens is 830 g/mol. The van der Waals surface area contributed by atoms with E-state index in [0.29, 0.717) is 30.3 Å². The summed E-state index contributed by atoms with van der Waals surface area (Å²) in [5, 5.41) is 36.4. The Hall–Kier alpha value is -4.90. The van der Waals surface area contributed by atoms with Crippen molar-refractivity contribution in [1.29, 1.82) is 0 Å². The molecule has 2 aromatic carbocycles. The Kier molecular flexibility index (Phi) is 13.9. The van der Waals surface area contributed by atoms with Crippen LogP contribution in [0.1, 0.15) is 74.7 Å². The molecule has 4 aliphatic rings. The Labute approximate surface area is 362 Å². The number of alkyl halides is 3. The maximum atomic E-state index is 17.4. The summed E-state index contributed by atoms with van der Waals surface area (Å²) in [6, 6.07) is 14.5. The highest BCUT2D eigenvalue weighted by molar-refractivity contribution is 8.13. The van der Waals surface area contributed by atoms with E-state index >= 15 is 8.78 Å². The Bertz CT molecular complexity index is 2190. The average Bonchev–Trinajstić information content (AvgIpc) is 3.86. The number of aliphatic hydroxyl groups excluding tert-OH is 2. The van der Waals surface area contributed by atoms with Crippen LogP contribution in [0.15, 0.2) is 89.1 Å². The summed E-state index contributed by atoms with van der Waals surface area (Å²) in [4.78, 5) is 49.2. The van der Waals surface area contributed by atoms with E-state index in [-0.39, 0.29) is 48.1 Å². The molecule has 3 fully saturated rings. The fourth-order valence-corrected chi connectivity index (χ4v) is 11.3. The van der Waals surface area contributed by atoms with Crippen molar-refractivity contribution >= 4 is 40.7 Å². The van der Waals surface area contributed by atoms with Crippen LogP contribution >= 0.6 is 11.8 Å². The Balaban J connectivity index is 0.000000224. The van der Waals surface area contributed by atoms with Crippen LogP contribution in [0.2, 0.25) is 0 Å². The lowest BCUT2D eigenvalue weighted by Crippen LogP contribution is -2.70. The molecule has 5 N–H and O–H groups in total. The van der Waals surface area contributed by atoms with Crippen molar-refractivity contribution in [2.75, 3.05) is 25.0 Å². The number of halogens is 3. The molecule has 0 saturated heterocycles. The van der Waals surface area contributed by atoms with Crippen LogP contribution in [0.4, 0.5) is 18.9 Å². The zero-order chi connectivity index (χ0) is 45.2. The molecule has 334 valence electrons. The van der Waals surface area contributed by atoms with E-state index in [2.05, 4.69) is 10.6 Å². The third-order valence-electron chi connectivity index (χ3n) is 13.6. The number of carbonyl (C=O) groups is 4. The summed E-state index contributed by atoms with van der Waals surface area (Å²) in [6.07, 6.45) is 1.72. The number of carbonyl (C=O) groups excluding carboxylic acids is 4. The number of phenols is 1. The first-order chi connectivity index (χ1) is 29.4. The normalized spacial score (nSPS) is 31.8. The molecule has 4 aliphatic carbocycles.